The summed E-state index contributed by atoms with van der Waals surface area (Å²) in [6, 6.07) is 0. The van der Waals surface area contributed by atoms with Crippen molar-refractivity contribution in [1.29, 1.82) is 0 Å². The molecule has 0 aromatic carbocycles. The summed E-state index contributed by atoms with van der Waals surface area (Å²) in [5.74, 6) is -0.907. The molecule has 0 radical (unpaired) electrons. The van der Waals surface area contributed by atoms with Crippen molar-refractivity contribution in [2.24, 2.45) is 0 Å². The van der Waals surface area contributed by atoms with Crippen LogP contribution < -0.4 is 5.32 Å². The van der Waals surface area contributed by atoms with E-state index in [-0.39, 0.29) is 24.5 Å². The highest BCUT2D eigenvalue weighted by Crippen LogP contribution is 2.21. The molecule has 1 aliphatic rings. The van der Waals surface area contributed by atoms with Crippen molar-refractivity contribution in [3.05, 3.63) is 22.5 Å². The summed E-state index contributed by atoms with van der Waals surface area (Å²) in [6.45, 7) is 7.89. The number of aromatic nitrogens is 1. The van der Waals surface area contributed by atoms with E-state index in [9.17, 15) is 14.4 Å². The molecule has 0 atom stereocenters. The minimum atomic E-state index is -0.448. The van der Waals surface area contributed by atoms with Crippen LogP contribution in [0.4, 0.5) is 0 Å². The number of carbonyl (C=O) groups is 3. The van der Waals surface area contributed by atoms with E-state index in [1.807, 2.05) is 0 Å². The maximum Gasteiger partial charge on any atom is 0.340 e. The van der Waals surface area contributed by atoms with Gasteiger partial charge in [0.15, 0.2) is 0 Å². The van der Waals surface area contributed by atoms with Crippen LogP contribution in [0, 0.1) is 13.8 Å². The second-order valence-corrected chi connectivity index (χ2v) is 5.66. The number of H-pyrrole nitrogens is 1. The predicted molar refractivity (Wildman–Crippen MR) is 79.7 cm³/mol. The average molecular weight is 307 g/mol. The molecule has 1 fully saturated rings. The molecular weight excluding hydrogens is 286 g/mol. The van der Waals surface area contributed by atoms with E-state index < -0.39 is 5.97 Å². The van der Waals surface area contributed by atoms with Crippen LogP contribution in [0.1, 0.15) is 46.0 Å². The number of carbonyl (C=O) groups excluding carboxylic acids is 3. The second kappa shape index (κ2) is 6.21. The summed E-state index contributed by atoms with van der Waals surface area (Å²) in [5, 5.41) is 2.67. The first-order valence-electron chi connectivity index (χ1n) is 7.27. The standard InChI is InChI=1S/C15H21N3O4/c1-8(2)22-15(21)12-9(3)13(17-10(12)4)14(20)18-6-5-16-11(19)7-18/h8,17H,5-7H2,1-4H3,(H,16,19). The van der Waals surface area contributed by atoms with Gasteiger partial charge < -0.3 is 19.9 Å². The van der Waals surface area contributed by atoms with E-state index in [0.717, 1.165) is 0 Å². The Kier molecular flexibility index (Phi) is 4.54. The summed E-state index contributed by atoms with van der Waals surface area (Å²) in [4.78, 5) is 40.5. The molecular formula is C15H21N3O4. The van der Waals surface area contributed by atoms with Crippen LogP contribution >= 0.6 is 0 Å². The third-order valence-electron chi connectivity index (χ3n) is 3.52. The summed E-state index contributed by atoms with van der Waals surface area (Å²) in [6.07, 6.45) is -0.230. The van der Waals surface area contributed by atoms with Crippen molar-refractivity contribution >= 4 is 17.8 Å². The fourth-order valence-electron chi connectivity index (χ4n) is 2.51. The van der Waals surface area contributed by atoms with Crippen LogP contribution in [0.25, 0.3) is 0 Å². The van der Waals surface area contributed by atoms with Gasteiger partial charge in [0, 0.05) is 18.8 Å². The molecule has 2 N–H and O–H groups in total. The van der Waals surface area contributed by atoms with Crippen molar-refractivity contribution in [2.75, 3.05) is 19.6 Å². The molecule has 0 unspecified atom stereocenters. The van der Waals surface area contributed by atoms with Gasteiger partial charge >= 0.3 is 5.97 Å². The molecule has 0 bridgehead atoms. The van der Waals surface area contributed by atoms with Crippen molar-refractivity contribution in [1.82, 2.24) is 15.2 Å². The lowest BCUT2D eigenvalue weighted by Gasteiger charge is -2.26. The largest absolute Gasteiger partial charge is 0.459 e. The van der Waals surface area contributed by atoms with E-state index in [2.05, 4.69) is 10.3 Å². The van der Waals surface area contributed by atoms with Gasteiger partial charge in [-0.2, -0.15) is 0 Å². The predicted octanol–water partition coefficient (Wildman–Crippen LogP) is 0.769. The maximum atomic E-state index is 12.5. The number of rotatable bonds is 3. The smallest absolute Gasteiger partial charge is 0.340 e. The second-order valence-electron chi connectivity index (χ2n) is 5.66. The van der Waals surface area contributed by atoms with E-state index in [1.54, 1.807) is 27.7 Å². The molecule has 2 heterocycles. The fourth-order valence-corrected chi connectivity index (χ4v) is 2.51. The molecule has 7 nitrogen and oxygen atoms in total. The SMILES string of the molecule is Cc1[nH]c(C(=O)N2CCNC(=O)C2)c(C)c1C(=O)OC(C)C. The van der Waals surface area contributed by atoms with Crippen molar-refractivity contribution in [2.45, 2.75) is 33.8 Å². The van der Waals surface area contributed by atoms with Gasteiger partial charge in [-0.3, -0.25) is 9.59 Å². The van der Waals surface area contributed by atoms with Gasteiger partial charge in [0.25, 0.3) is 5.91 Å². The van der Waals surface area contributed by atoms with Crippen molar-refractivity contribution in [3.63, 3.8) is 0 Å². The number of ether oxygens (including phenoxy) is 1. The number of nitrogens with zero attached hydrogens (tertiary/aromatic N) is 1. The third kappa shape index (κ3) is 3.13. The highest BCUT2D eigenvalue weighted by molar-refractivity contribution is 6.01. The third-order valence-corrected chi connectivity index (χ3v) is 3.52. The Bertz CT molecular complexity index is 619. The van der Waals surface area contributed by atoms with Gasteiger partial charge in [0.1, 0.15) is 5.69 Å². The molecule has 0 aliphatic carbocycles. The summed E-state index contributed by atoms with van der Waals surface area (Å²) in [7, 11) is 0. The van der Waals surface area contributed by atoms with E-state index in [4.69, 9.17) is 4.74 Å². The van der Waals surface area contributed by atoms with E-state index in [0.29, 0.717) is 35.6 Å². The molecule has 0 saturated carbocycles. The number of hydrogen-bond donors (Lipinski definition) is 2. The van der Waals surface area contributed by atoms with Crippen LogP contribution in [0.2, 0.25) is 0 Å². The van der Waals surface area contributed by atoms with Crippen molar-refractivity contribution in [3.8, 4) is 0 Å². The van der Waals surface area contributed by atoms with Gasteiger partial charge in [0.2, 0.25) is 5.91 Å². The van der Waals surface area contributed by atoms with Crippen LogP contribution in [-0.2, 0) is 9.53 Å². The highest BCUT2D eigenvalue weighted by atomic mass is 16.5. The Morgan fingerprint density at radius 2 is 1.95 bits per heavy atom. The summed E-state index contributed by atoms with van der Waals surface area (Å²) >= 11 is 0. The molecule has 1 aromatic rings. The molecule has 1 aliphatic heterocycles. The van der Waals surface area contributed by atoms with Crippen LogP contribution in [0.5, 0.6) is 0 Å². The number of nitrogens with one attached hydrogen (secondary N) is 2. The average Bonchev–Trinajstić information content (AvgIpc) is 2.72. The molecule has 7 heteroatoms. The van der Waals surface area contributed by atoms with E-state index >= 15 is 0 Å². The number of piperazine rings is 1. The van der Waals surface area contributed by atoms with Crippen molar-refractivity contribution < 1.29 is 19.1 Å². The van der Waals surface area contributed by atoms with Crippen LogP contribution in [-0.4, -0.2) is 53.4 Å². The van der Waals surface area contributed by atoms with Crippen LogP contribution in [0.3, 0.4) is 0 Å². The number of hydrogen-bond acceptors (Lipinski definition) is 4. The van der Waals surface area contributed by atoms with Gasteiger partial charge in [-0.15, -0.1) is 0 Å². The zero-order chi connectivity index (χ0) is 16.4. The highest BCUT2D eigenvalue weighted by Gasteiger charge is 2.28. The molecule has 2 rings (SSSR count). The molecule has 1 aromatic heterocycles. The van der Waals surface area contributed by atoms with Gasteiger partial charge in [0.05, 0.1) is 18.2 Å². The lowest BCUT2D eigenvalue weighted by molar-refractivity contribution is -0.123. The zero-order valence-corrected chi connectivity index (χ0v) is 13.3. The van der Waals surface area contributed by atoms with E-state index in [1.165, 1.54) is 4.90 Å². The first kappa shape index (κ1) is 16.1. The summed E-state index contributed by atoms with van der Waals surface area (Å²) in [5.41, 5.74) is 1.87. The molecule has 0 spiro atoms. The first-order valence-corrected chi connectivity index (χ1v) is 7.27. The maximum absolute atomic E-state index is 12.5. The summed E-state index contributed by atoms with van der Waals surface area (Å²) < 4.78 is 5.21. The molecule has 22 heavy (non-hydrogen) atoms. The number of amides is 2. The normalized spacial score (nSPS) is 15.0. The lowest BCUT2D eigenvalue weighted by atomic mass is 10.1. The minimum absolute atomic E-state index is 0.0299. The topological polar surface area (TPSA) is 91.5 Å². The fraction of sp³-hybridized carbons (Fsp3) is 0.533. The first-order chi connectivity index (χ1) is 10.3. The van der Waals surface area contributed by atoms with Gasteiger partial charge in [-0.05, 0) is 33.3 Å². The Morgan fingerprint density at radius 3 is 2.55 bits per heavy atom. The zero-order valence-electron chi connectivity index (χ0n) is 13.3. The van der Waals surface area contributed by atoms with Gasteiger partial charge in [-0.25, -0.2) is 4.79 Å². The number of esters is 1. The Balaban J connectivity index is 2.27. The lowest BCUT2D eigenvalue weighted by Crippen LogP contribution is -2.50. The Morgan fingerprint density at radius 1 is 1.27 bits per heavy atom. The Hall–Kier alpha value is -2.31. The monoisotopic (exact) mass is 307 g/mol. The Labute approximate surface area is 129 Å². The number of aromatic amines is 1. The quantitative estimate of drug-likeness (QED) is 0.807. The van der Waals surface area contributed by atoms with Gasteiger partial charge in [-0.1, -0.05) is 0 Å². The van der Waals surface area contributed by atoms with Crippen LogP contribution in [0.15, 0.2) is 0 Å². The molecule has 1 saturated heterocycles. The molecule has 2 amide bonds. The minimum Gasteiger partial charge on any atom is -0.459 e. The number of aryl methyl sites for hydroxylation is 1. The molecule has 120 valence electrons.